The first-order valence-electron chi connectivity index (χ1n) is 9.27. The minimum Gasteiger partial charge on any atom is -0.491 e. The van der Waals surface area contributed by atoms with Crippen LogP contribution in [0.5, 0.6) is 17.2 Å². The number of nitrogens with one attached hydrogen (secondary N) is 1. The van der Waals surface area contributed by atoms with E-state index in [2.05, 4.69) is 4.72 Å². The summed E-state index contributed by atoms with van der Waals surface area (Å²) >= 11 is 17.9. The minimum atomic E-state index is -1.43. The van der Waals surface area contributed by atoms with E-state index in [-0.39, 0.29) is 6.10 Å². The fourth-order valence-electron chi connectivity index (χ4n) is 2.47. The van der Waals surface area contributed by atoms with E-state index in [1.165, 1.54) is 0 Å². The SMILES string of the molecule is CN(SOc1cc(Cl)c(OCCCCl)c(Cl)c1)c1ccc(OCC2CNS(=O)O2)cc1. The van der Waals surface area contributed by atoms with Gasteiger partial charge in [0.2, 0.25) is 11.3 Å². The van der Waals surface area contributed by atoms with Gasteiger partial charge in [-0.25, -0.2) is 8.93 Å². The van der Waals surface area contributed by atoms with Gasteiger partial charge >= 0.3 is 0 Å². The third kappa shape index (κ3) is 7.49. The predicted octanol–water partition coefficient (Wildman–Crippen LogP) is 5.03. The largest absolute Gasteiger partial charge is 0.491 e. The first kappa shape index (κ1) is 24.6. The summed E-state index contributed by atoms with van der Waals surface area (Å²) in [6.45, 7) is 1.25. The van der Waals surface area contributed by atoms with Crippen molar-refractivity contribution >= 4 is 64.0 Å². The van der Waals surface area contributed by atoms with Crippen molar-refractivity contribution in [3.05, 3.63) is 46.4 Å². The summed E-state index contributed by atoms with van der Waals surface area (Å²) in [6, 6.07) is 10.8. The molecule has 0 spiro atoms. The lowest BCUT2D eigenvalue weighted by Crippen LogP contribution is -2.21. The van der Waals surface area contributed by atoms with Crippen LogP contribution in [0, 0.1) is 0 Å². The maximum atomic E-state index is 11.1. The van der Waals surface area contributed by atoms with Gasteiger partial charge in [-0.3, -0.25) is 8.49 Å². The summed E-state index contributed by atoms with van der Waals surface area (Å²) in [6.07, 6.45) is 0.464. The molecule has 12 heteroatoms. The Morgan fingerprint density at radius 2 is 1.90 bits per heavy atom. The molecule has 1 heterocycles. The fraction of sp³-hybridized carbons (Fsp3) is 0.368. The Morgan fingerprint density at radius 1 is 1.19 bits per heavy atom. The van der Waals surface area contributed by atoms with E-state index in [0.717, 1.165) is 17.9 Å². The summed E-state index contributed by atoms with van der Waals surface area (Å²) in [5, 5.41) is 0.735. The molecule has 1 fully saturated rings. The van der Waals surface area contributed by atoms with Gasteiger partial charge in [-0.1, -0.05) is 23.2 Å². The van der Waals surface area contributed by atoms with Crippen molar-refractivity contribution in [1.29, 1.82) is 0 Å². The lowest BCUT2D eigenvalue weighted by Gasteiger charge is -2.18. The van der Waals surface area contributed by atoms with Gasteiger partial charge in [0, 0.05) is 37.3 Å². The molecule has 0 aromatic heterocycles. The average Bonchev–Trinajstić information content (AvgIpc) is 3.18. The van der Waals surface area contributed by atoms with Crippen LogP contribution < -0.4 is 22.7 Å². The van der Waals surface area contributed by atoms with Crippen LogP contribution in [0.25, 0.3) is 0 Å². The maximum absolute atomic E-state index is 11.1. The molecular formula is C19H21Cl3N2O5S2. The number of nitrogens with zero attached hydrogens (tertiary/aromatic N) is 1. The first-order valence-corrected chi connectivity index (χ1v) is 12.3. The second kappa shape index (κ2) is 12.2. The molecule has 0 aliphatic carbocycles. The lowest BCUT2D eigenvalue weighted by molar-refractivity contribution is 0.165. The van der Waals surface area contributed by atoms with E-state index in [4.69, 9.17) is 52.6 Å². The third-order valence-electron chi connectivity index (χ3n) is 4.03. The molecule has 2 unspecified atom stereocenters. The molecule has 170 valence electrons. The number of hydrogen-bond acceptors (Lipinski definition) is 7. The van der Waals surface area contributed by atoms with Crippen molar-refractivity contribution in [3.63, 3.8) is 0 Å². The van der Waals surface area contributed by atoms with Crippen LogP contribution >= 0.6 is 47.0 Å². The number of rotatable bonds is 11. The van der Waals surface area contributed by atoms with Crippen LogP contribution in [0.15, 0.2) is 36.4 Å². The van der Waals surface area contributed by atoms with Crippen LogP contribution in [0.2, 0.25) is 10.0 Å². The molecule has 2 aromatic rings. The van der Waals surface area contributed by atoms with E-state index in [9.17, 15) is 4.21 Å². The van der Waals surface area contributed by atoms with Crippen LogP contribution in [0.1, 0.15) is 6.42 Å². The highest BCUT2D eigenvalue weighted by molar-refractivity contribution is 7.96. The molecule has 1 aliphatic rings. The Bertz CT molecular complexity index is 868. The van der Waals surface area contributed by atoms with E-state index in [1.807, 2.05) is 35.6 Å². The molecule has 2 atom stereocenters. The second-order valence-corrected chi connectivity index (χ2v) is 9.38. The number of halogens is 3. The van der Waals surface area contributed by atoms with Crippen LogP contribution in [-0.4, -0.2) is 43.0 Å². The van der Waals surface area contributed by atoms with Crippen LogP contribution in [0.3, 0.4) is 0 Å². The van der Waals surface area contributed by atoms with Gasteiger partial charge in [0.15, 0.2) is 18.0 Å². The fourth-order valence-corrected chi connectivity index (χ4v) is 4.42. The second-order valence-electron chi connectivity index (χ2n) is 6.37. The number of ether oxygens (including phenoxy) is 2. The van der Waals surface area contributed by atoms with E-state index >= 15 is 0 Å². The zero-order chi connectivity index (χ0) is 22.2. The van der Waals surface area contributed by atoms with Crippen molar-refractivity contribution < 1.29 is 22.0 Å². The quantitative estimate of drug-likeness (QED) is 0.190. The van der Waals surface area contributed by atoms with Crippen LogP contribution in [0.4, 0.5) is 5.69 Å². The molecule has 1 saturated heterocycles. The normalized spacial score (nSPS) is 18.1. The van der Waals surface area contributed by atoms with Gasteiger partial charge in [0.05, 0.1) is 16.7 Å². The Kier molecular flexibility index (Phi) is 9.71. The standard InChI is InChI=1S/C19H21Cl3N2O5S2/c1-24(13-3-5-14(6-4-13)27-12-16-11-23-31(25)29-16)30-28-15-9-17(21)19(18(22)10-15)26-8-2-7-20/h3-6,9-10,16,23H,2,7-8,11-12H2,1H3. The summed E-state index contributed by atoms with van der Waals surface area (Å²) in [5.41, 5.74) is 0.899. The van der Waals surface area contributed by atoms with Gasteiger partial charge in [0.25, 0.3) is 0 Å². The monoisotopic (exact) mass is 526 g/mol. The smallest absolute Gasteiger partial charge is 0.234 e. The van der Waals surface area contributed by atoms with Gasteiger partial charge in [-0.2, -0.15) is 0 Å². The lowest BCUT2D eigenvalue weighted by atomic mass is 10.3. The molecule has 31 heavy (non-hydrogen) atoms. The molecule has 0 bridgehead atoms. The van der Waals surface area contributed by atoms with Crippen molar-refractivity contribution in [3.8, 4) is 17.2 Å². The molecule has 0 radical (unpaired) electrons. The van der Waals surface area contributed by atoms with Crippen molar-refractivity contribution in [1.82, 2.24) is 4.72 Å². The molecule has 1 aliphatic heterocycles. The van der Waals surface area contributed by atoms with Gasteiger partial charge in [0.1, 0.15) is 24.2 Å². The molecule has 3 rings (SSSR count). The highest BCUT2D eigenvalue weighted by Crippen LogP contribution is 2.38. The molecule has 7 nitrogen and oxygen atoms in total. The number of anilines is 1. The summed E-state index contributed by atoms with van der Waals surface area (Å²) in [5.74, 6) is 2.10. The Morgan fingerprint density at radius 3 is 2.52 bits per heavy atom. The Labute approximate surface area is 203 Å². The zero-order valence-corrected chi connectivity index (χ0v) is 20.4. The van der Waals surface area contributed by atoms with Gasteiger partial charge in [-0.15, -0.1) is 11.6 Å². The number of alkyl halides is 1. The van der Waals surface area contributed by atoms with Gasteiger partial charge in [-0.05, 0) is 30.7 Å². The highest BCUT2D eigenvalue weighted by atomic mass is 35.5. The highest BCUT2D eigenvalue weighted by Gasteiger charge is 2.22. The molecule has 0 saturated carbocycles. The van der Waals surface area contributed by atoms with E-state index in [1.54, 1.807) is 12.1 Å². The van der Waals surface area contributed by atoms with Crippen LogP contribution in [-0.2, 0) is 15.4 Å². The molecule has 0 amide bonds. The molecule has 2 aromatic carbocycles. The summed E-state index contributed by atoms with van der Waals surface area (Å²) < 4.78 is 37.8. The summed E-state index contributed by atoms with van der Waals surface area (Å²) in [7, 11) is 1.86. The minimum absolute atomic E-state index is 0.233. The third-order valence-corrected chi connectivity index (χ3v) is 6.41. The zero-order valence-electron chi connectivity index (χ0n) is 16.5. The van der Waals surface area contributed by atoms with Crippen molar-refractivity contribution in [2.75, 3.05) is 37.0 Å². The Hall–Kier alpha value is -1.07. The van der Waals surface area contributed by atoms with E-state index < -0.39 is 11.3 Å². The first-order chi connectivity index (χ1) is 15.0. The van der Waals surface area contributed by atoms with Crippen molar-refractivity contribution in [2.24, 2.45) is 0 Å². The number of benzene rings is 2. The molecule has 1 N–H and O–H groups in total. The van der Waals surface area contributed by atoms with Gasteiger partial charge < -0.3 is 13.7 Å². The topological polar surface area (TPSA) is 69.3 Å². The van der Waals surface area contributed by atoms with Crippen molar-refractivity contribution in [2.45, 2.75) is 12.5 Å². The molecular weight excluding hydrogens is 507 g/mol. The van der Waals surface area contributed by atoms with E-state index in [0.29, 0.717) is 59.4 Å². The average molecular weight is 528 g/mol. The Balaban J connectivity index is 1.49. The predicted molar refractivity (Wildman–Crippen MR) is 127 cm³/mol. The maximum Gasteiger partial charge on any atom is 0.234 e. The summed E-state index contributed by atoms with van der Waals surface area (Å²) in [4.78, 5) is 0. The number of hydrogen-bond donors (Lipinski definition) is 1.